The highest BCUT2D eigenvalue weighted by Gasteiger charge is 2.35. The molecule has 0 amide bonds. The number of hydrogen-bond acceptors (Lipinski definition) is 5. The van der Waals surface area contributed by atoms with Gasteiger partial charge in [0.1, 0.15) is 12.2 Å². The summed E-state index contributed by atoms with van der Waals surface area (Å²) in [5.74, 6) is 0.829. The molecule has 138 valence electrons. The van der Waals surface area contributed by atoms with E-state index in [1.165, 1.54) is 10.9 Å². The first-order valence-electron chi connectivity index (χ1n) is 9.30. The molecule has 1 aliphatic rings. The van der Waals surface area contributed by atoms with Gasteiger partial charge < -0.3 is 9.67 Å². The SMILES string of the molecule is CCn1nc(CN2CCCC(O)(Cc3nncn3C)C2)c2ccccc21. The van der Waals surface area contributed by atoms with Crippen LogP contribution < -0.4 is 0 Å². The molecule has 0 aliphatic carbocycles. The van der Waals surface area contributed by atoms with Gasteiger partial charge in [0.25, 0.3) is 0 Å². The number of aryl methyl sites for hydroxylation is 2. The molecule has 0 radical (unpaired) electrons. The van der Waals surface area contributed by atoms with E-state index in [-0.39, 0.29) is 0 Å². The van der Waals surface area contributed by atoms with E-state index >= 15 is 0 Å². The number of aliphatic hydroxyl groups is 1. The van der Waals surface area contributed by atoms with Crippen LogP contribution in [0.3, 0.4) is 0 Å². The quantitative estimate of drug-likeness (QED) is 0.756. The van der Waals surface area contributed by atoms with Gasteiger partial charge in [0.15, 0.2) is 0 Å². The Hall–Kier alpha value is -2.25. The zero-order chi connectivity index (χ0) is 18.1. The number of piperidine rings is 1. The van der Waals surface area contributed by atoms with Crippen molar-refractivity contribution in [1.29, 1.82) is 0 Å². The lowest BCUT2D eigenvalue weighted by Gasteiger charge is -2.38. The van der Waals surface area contributed by atoms with Gasteiger partial charge in [-0.1, -0.05) is 18.2 Å². The Bertz CT molecular complexity index is 900. The Morgan fingerprint density at radius 3 is 2.88 bits per heavy atom. The maximum atomic E-state index is 11.1. The topological polar surface area (TPSA) is 72.0 Å². The fraction of sp³-hybridized carbons (Fsp3) is 0.526. The molecule has 1 unspecified atom stereocenters. The third-order valence-electron chi connectivity index (χ3n) is 5.33. The van der Waals surface area contributed by atoms with Crippen molar-refractivity contribution in [2.75, 3.05) is 13.1 Å². The minimum Gasteiger partial charge on any atom is -0.388 e. The minimum absolute atomic E-state index is 0.532. The molecular formula is C19H26N6O. The summed E-state index contributed by atoms with van der Waals surface area (Å²) in [6.45, 7) is 5.34. The number of hydrogen-bond donors (Lipinski definition) is 1. The van der Waals surface area contributed by atoms with Gasteiger partial charge in [-0.15, -0.1) is 10.2 Å². The molecule has 1 saturated heterocycles. The number of aromatic nitrogens is 5. The van der Waals surface area contributed by atoms with Crippen LogP contribution in [0.15, 0.2) is 30.6 Å². The summed E-state index contributed by atoms with van der Waals surface area (Å²) in [7, 11) is 1.92. The number of benzene rings is 1. The summed E-state index contributed by atoms with van der Waals surface area (Å²) in [6.07, 6.45) is 3.98. The van der Waals surface area contributed by atoms with Crippen LogP contribution in [0.5, 0.6) is 0 Å². The van der Waals surface area contributed by atoms with Crippen molar-refractivity contribution in [3.8, 4) is 0 Å². The van der Waals surface area contributed by atoms with Crippen LogP contribution in [0.25, 0.3) is 10.9 Å². The lowest BCUT2D eigenvalue weighted by molar-refractivity contribution is -0.0347. The molecule has 7 nitrogen and oxygen atoms in total. The van der Waals surface area contributed by atoms with Gasteiger partial charge >= 0.3 is 0 Å². The zero-order valence-corrected chi connectivity index (χ0v) is 15.5. The van der Waals surface area contributed by atoms with Crippen LogP contribution in [0.1, 0.15) is 31.3 Å². The van der Waals surface area contributed by atoms with Gasteiger partial charge in [-0.3, -0.25) is 9.58 Å². The summed E-state index contributed by atoms with van der Waals surface area (Å²) in [6, 6.07) is 8.38. The van der Waals surface area contributed by atoms with E-state index < -0.39 is 5.60 Å². The van der Waals surface area contributed by atoms with E-state index in [0.717, 1.165) is 44.0 Å². The normalized spacial score (nSPS) is 21.5. The first-order valence-corrected chi connectivity index (χ1v) is 9.30. The van der Waals surface area contributed by atoms with Gasteiger partial charge in [0.2, 0.25) is 0 Å². The average Bonchev–Trinajstić information content (AvgIpc) is 3.19. The van der Waals surface area contributed by atoms with Gasteiger partial charge in [0, 0.05) is 38.5 Å². The average molecular weight is 354 g/mol. The van der Waals surface area contributed by atoms with Crippen LogP contribution in [-0.4, -0.2) is 53.2 Å². The lowest BCUT2D eigenvalue weighted by atomic mass is 9.89. The molecular weight excluding hydrogens is 328 g/mol. The number of fused-ring (bicyclic) bond motifs is 1. The first kappa shape index (κ1) is 17.2. The fourth-order valence-electron chi connectivity index (χ4n) is 4.01. The summed E-state index contributed by atoms with van der Waals surface area (Å²) in [5, 5.41) is 25.2. The summed E-state index contributed by atoms with van der Waals surface area (Å²) in [4.78, 5) is 2.31. The highest BCUT2D eigenvalue weighted by molar-refractivity contribution is 5.81. The molecule has 26 heavy (non-hydrogen) atoms. The standard InChI is InChI=1S/C19H26N6O/c1-3-25-17-8-5-4-7-15(17)16(22-25)12-24-10-6-9-19(26,13-24)11-18-21-20-14-23(18)2/h4-5,7-8,14,26H,3,6,9-13H2,1-2H3. The van der Waals surface area contributed by atoms with Crippen LogP contribution >= 0.6 is 0 Å². The third kappa shape index (κ3) is 3.24. The molecule has 0 saturated carbocycles. The van der Waals surface area contributed by atoms with E-state index in [1.807, 2.05) is 11.6 Å². The van der Waals surface area contributed by atoms with Gasteiger partial charge in [0.05, 0.1) is 16.8 Å². The third-order valence-corrected chi connectivity index (χ3v) is 5.33. The Kier molecular flexibility index (Phi) is 4.50. The van der Waals surface area contributed by atoms with Crippen molar-refractivity contribution >= 4 is 10.9 Å². The Labute approximate surface area is 153 Å². The fourth-order valence-corrected chi connectivity index (χ4v) is 4.01. The summed E-state index contributed by atoms with van der Waals surface area (Å²) >= 11 is 0. The second-order valence-corrected chi connectivity index (χ2v) is 7.35. The maximum absolute atomic E-state index is 11.1. The van der Waals surface area contributed by atoms with Crippen LogP contribution in [-0.2, 0) is 26.6 Å². The van der Waals surface area contributed by atoms with Crippen LogP contribution in [0, 0.1) is 0 Å². The number of β-amino-alcohol motifs (C(OH)–C–C–N with tert-alkyl or cyclic N) is 1. The predicted molar refractivity (Wildman–Crippen MR) is 99.6 cm³/mol. The highest BCUT2D eigenvalue weighted by Crippen LogP contribution is 2.27. The monoisotopic (exact) mass is 354 g/mol. The van der Waals surface area contributed by atoms with E-state index in [4.69, 9.17) is 5.10 Å². The number of para-hydroxylation sites is 1. The van der Waals surface area contributed by atoms with E-state index in [0.29, 0.717) is 13.0 Å². The van der Waals surface area contributed by atoms with Gasteiger partial charge in [-0.25, -0.2) is 0 Å². The summed E-state index contributed by atoms with van der Waals surface area (Å²) in [5.41, 5.74) is 1.50. The number of nitrogens with zero attached hydrogens (tertiary/aromatic N) is 6. The molecule has 2 aromatic heterocycles. The minimum atomic E-state index is -0.762. The molecule has 0 bridgehead atoms. The molecule has 1 N–H and O–H groups in total. The van der Waals surface area contributed by atoms with Crippen molar-refractivity contribution in [3.63, 3.8) is 0 Å². The van der Waals surface area contributed by atoms with Crippen molar-refractivity contribution in [2.24, 2.45) is 7.05 Å². The lowest BCUT2D eigenvalue weighted by Crippen LogP contribution is -2.49. The molecule has 0 spiro atoms. The number of likely N-dealkylation sites (tertiary alicyclic amines) is 1. The second-order valence-electron chi connectivity index (χ2n) is 7.35. The molecule has 1 atom stereocenters. The van der Waals surface area contributed by atoms with Crippen molar-refractivity contribution in [2.45, 2.75) is 44.9 Å². The zero-order valence-electron chi connectivity index (χ0n) is 15.5. The molecule has 3 heterocycles. The highest BCUT2D eigenvalue weighted by atomic mass is 16.3. The van der Waals surface area contributed by atoms with E-state index in [1.54, 1.807) is 6.33 Å². The van der Waals surface area contributed by atoms with Crippen LogP contribution in [0.2, 0.25) is 0 Å². The Morgan fingerprint density at radius 1 is 1.27 bits per heavy atom. The molecule has 1 aliphatic heterocycles. The second kappa shape index (κ2) is 6.81. The molecule has 3 aromatic rings. The Balaban J connectivity index is 1.53. The molecule has 4 rings (SSSR count). The predicted octanol–water partition coefficient (Wildman–Crippen LogP) is 1.75. The largest absolute Gasteiger partial charge is 0.388 e. The first-order chi connectivity index (χ1) is 12.6. The number of rotatable bonds is 5. The van der Waals surface area contributed by atoms with E-state index in [9.17, 15) is 5.11 Å². The summed E-state index contributed by atoms with van der Waals surface area (Å²) < 4.78 is 3.94. The maximum Gasteiger partial charge on any atom is 0.135 e. The van der Waals surface area contributed by atoms with Gasteiger partial charge in [-0.2, -0.15) is 5.10 Å². The molecule has 7 heteroatoms. The van der Waals surface area contributed by atoms with Crippen molar-refractivity contribution in [1.82, 2.24) is 29.4 Å². The van der Waals surface area contributed by atoms with Crippen LogP contribution in [0.4, 0.5) is 0 Å². The van der Waals surface area contributed by atoms with Gasteiger partial charge in [-0.05, 0) is 32.4 Å². The molecule has 1 aromatic carbocycles. The van der Waals surface area contributed by atoms with Crippen molar-refractivity contribution < 1.29 is 5.11 Å². The Morgan fingerprint density at radius 2 is 2.12 bits per heavy atom. The molecule has 1 fully saturated rings. The van der Waals surface area contributed by atoms with E-state index in [2.05, 4.69) is 51.0 Å². The van der Waals surface area contributed by atoms with Crippen molar-refractivity contribution in [3.05, 3.63) is 42.1 Å². The smallest absolute Gasteiger partial charge is 0.135 e.